The van der Waals surface area contributed by atoms with Gasteiger partial charge in [-0.25, -0.2) is 0 Å². The van der Waals surface area contributed by atoms with E-state index in [1.807, 2.05) is 5.06 Å². The Bertz CT molecular complexity index is 470. The first kappa shape index (κ1) is 12.8. The van der Waals surface area contributed by atoms with Crippen molar-refractivity contribution in [2.45, 2.75) is 51.6 Å². The van der Waals surface area contributed by atoms with Crippen molar-refractivity contribution in [3.8, 4) is 0 Å². The Morgan fingerprint density at radius 2 is 2.25 bits per heavy atom. The maximum Gasteiger partial charge on any atom is 0.111 e. The maximum absolute atomic E-state index is 6.42. The molecule has 1 spiro atoms. The third-order valence-electron chi connectivity index (χ3n) is 5.81. The van der Waals surface area contributed by atoms with Crippen molar-refractivity contribution in [3.63, 3.8) is 0 Å². The molecule has 4 atom stereocenters. The molecule has 2 aliphatic carbocycles. The van der Waals surface area contributed by atoms with Crippen molar-refractivity contribution in [2.24, 2.45) is 17.3 Å². The van der Waals surface area contributed by atoms with Crippen molar-refractivity contribution in [1.29, 1.82) is 0 Å². The number of ether oxygens (including phenoxy) is 1. The summed E-state index contributed by atoms with van der Waals surface area (Å²) < 4.78 is 6.42. The zero-order chi connectivity index (χ0) is 13.7. The van der Waals surface area contributed by atoms with Gasteiger partial charge in [0.25, 0.3) is 0 Å². The molecule has 4 unspecified atom stereocenters. The summed E-state index contributed by atoms with van der Waals surface area (Å²) in [7, 11) is 1.78. The van der Waals surface area contributed by atoms with E-state index in [4.69, 9.17) is 9.57 Å². The lowest BCUT2D eigenvalue weighted by Gasteiger charge is -2.41. The second kappa shape index (κ2) is 4.52. The molecule has 3 heteroatoms. The minimum absolute atomic E-state index is 0.172. The summed E-state index contributed by atoms with van der Waals surface area (Å²) in [6.07, 6.45) is 12.4. The first-order valence-corrected chi connectivity index (χ1v) is 8.13. The summed E-state index contributed by atoms with van der Waals surface area (Å²) in [5.41, 5.74) is 1.81. The van der Waals surface area contributed by atoms with E-state index in [0.717, 1.165) is 18.9 Å². The highest BCUT2D eigenvalue weighted by molar-refractivity contribution is 5.37. The lowest BCUT2D eigenvalue weighted by Crippen LogP contribution is -2.39. The fourth-order valence-electron chi connectivity index (χ4n) is 4.98. The van der Waals surface area contributed by atoms with Gasteiger partial charge in [-0.2, -0.15) is 0 Å². The molecule has 0 saturated heterocycles. The fourth-order valence-corrected chi connectivity index (χ4v) is 4.98. The lowest BCUT2D eigenvalue weighted by molar-refractivity contribution is -0.0944. The van der Waals surface area contributed by atoms with Crippen molar-refractivity contribution in [1.82, 2.24) is 5.06 Å². The number of hydrogen-bond acceptors (Lipinski definition) is 3. The Kier molecular flexibility index (Phi) is 2.88. The number of nitrogens with zero attached hydrogens (tertiary/aromatic N) is 1. The van der Waals surface area contributed by atoms with Gasteiger partial charge in [-0.05, 0) is 43.6 Å². The van der Waals surface area contributed by atoms with Gasteiger partial charge in [0.15, 0.2) is 0 Å². The first-order valence-electron chi connectivity index (χ1n) is 8.13. The number of rotatable bonds is 1. The summed E-state index contributed by atoms with van der Waals surface area (Å²) in [5.74, 6) is 2.75. The summed E-state index contributed by atoms with van der Waals surface area (Å²) in [6, 6.07) is 0. The highest BCUT2D eigenvalue weighted by Gasteiger charge is 2.55. The Hall–Kier alpha value is -0.960. The summed E-state index contributed by atoms with van der Waals surface area (Å²) in [4.78, 5) is 5.51. The lowest BCUT2D eigenvalue weighted by atomic mass is 9.61. The van der Waals surface area contributed by atoms with E-state index < -0.39 is 0 Å². The molecule has 4 aliphatic rings. The van der Waals surface area contributed by atoms with E-state index in [0.29, 0.717) is 12.0 Å². The minimum atomic E-state index is 0.172. The number of hydrogen-bond donors (Lipinski definition) is 0. The number of hydroxylamine groups is 2. The zero-order valence-corrected chi connectivity index (χ0v) is 12.6. The predicted octanol–water partition coefficient (Wildman–Crippen LogP) is 3.64. The molecule has 0 bridgehead atoms. The van der Waals surface area contributed by atoms with Crippen LogP contribution in [-0.4, -0.2) is 24.8 Å². The highest BCUT2D eigenvalue weighted by atomic mass is 16.7. The van der Waals surface area contributed by atoms with Crippen LogP contribution in [-0.2, 0) is 9.57 Å². The minimum Gasteiger partial charge on any atom is -0.494 e. The van der Waals surface area contributed by atoms with Crippen LogP contribution in [0.1, 0.15) is 45.4 Å². The van der Waals surface area contributed by atoms with Crippen molar-refractivity contribution < 1.29 is 9.57 Å². The zero-order valence-electron chi connectivity index (χ0n) is 12.6. The van der Waals surface area contributed by atoms with Crippen LogP contribution >= 0.6 is 0 Å². The second-order valence-electron chi connectivity index (χ2n) is 7.06. The number of allylic oxidation sites excluding steroid dienone is 1. The van der Waals surface area contributed by atoms with Crippen LogP contribution < -0.4 is 0 Å². The van der Waals surface area contributed by atoms with Crippen molar-refractivity contribution >= 4 is 0 Å². The second-order valence-corrected chi connectivity index (χ2v) is 7.06. The Balaban J connectivity index is 1.81. The third-order valence-corrected chi connectivity index (χ3v) is 5.81. The van der Waals surface area contributed by atoms with Gasteiger partial charge in [0.2, 0.25) is 0 Å². The van der Waals surface area contributed by atoms with E-state index in [9.17, 15) is 0 Å². The van der Waals surface area contributed by atoms with E-state index >= 15 is 0 Å². The van der Waals surface area contributed by atoms with Gasteiger partial charge in [0.05, 0.1) is 24.8 Å². The van der Waals surface area contributed by atoms with Gasteiger partial charge < -0.3 is 4.74 Å². The standard InChI is InChI=1S/C17H25NO2/c1-12-6-7-15-17(10-12)8-9-18(19-2)11-13-4-3-5-14(20-15)16(13)17/h8-9,12-13,15H,3-7,10-11H2,1-2H3. The average Bonchev–Trinajstić information content (AvgIpc) is 2.68. The molecule has 0 radical (unpaired) electrons. The topological polar surface area (TPSA) is 21.7 Å². The molecule has 110 valence electrons. The Morgan fingerprint density at radius 3 is 3.10 bits per heavy atom. The fraction of sp³-hybridized carbons (Fsp3) is 0.765. The highest BCUT2D eigenvalue weighted by Crippen LogP contribution is 2.59. The van der Waals surface area contributed by atoms with Gasteiger partial charge in [-0.1, -0.05) is 13.0 Å². The molecule has 0 N–H and O–H groups in total. The molecule has 0 aromatic heterocycles. The molecule has 4 rings (SSSR count). The molecule has 0 aromatic rings. The Morgan fingerprint density at radius 1 is 1.35 bits per heavy atom. The van der Waals surface area contributed by atoms with Crippen LogP contribution in [0.25, 0.3) is 0 Å². The van der Waals surface area contributed by atoms with Crippen LogP contribution in [0, 0.1) is 17.3 Å². The van der Waals surface area contributed by atoms with Crippen LogP contribution in [0.3, 0.4) is 0 Å². The molecule has 2 heterocycles. The molecule has 0 amide bonds. The predicted molar refractivity (Wildman–Crippen MR) is 77.5 cm³/mol. The molecule has 0 aromatic carbocycles. The molecule has 1 fully saturated rings. The van der Waals surface area contributed by atoms with Gasteiger partial charge >= 0.3 is 0 Å². The van der Waals surface area contributed by atoms with E-state index in [1.165, 1.54) is 37.9 Å². The monoisotopic (exact) mass is 275 g/mol. The van der Waals surface area contributed by atoms with Crippen LogP contribution in [0.15, 0.2) is 23.6 Å². The quantitative estimate of drug-likeness (QED) is 0.729. The summed E-state index contributed by atoms with van der Waals surface area (Å²) in [5, 5.41) is 2.02. The molecular weight excluding hydrogens is 250 g/mol. The van der Waals surface area contributed by atoms with Crippen LogP contribution in [0.4, 0.5) is 0 Å². The molecule has 2 aliphatic heterocycles. The third kappa shape index (κ3) is 1.68. The molecular formula is C17H25NO2. The maximum atomic E-state index is 6.42. The normalized spacial score (nSPS) is 42.9. The SMILES string of the molecule is CON1C=CC23CC(C)CCC2OC2=C3C(CCC2)C1. The van der Waals surface area contributed by atoms with Crippen LogP contribution in [0.2, 0.25) is 0 Å². The van der Waals surface area contributed by atoms with E-state index in [2.05, 4.69) is 19.2 Å². The largest absolute Gasteiger partial charge is 0.494 e. The van der Waals surface area contributed by atoms with Gasteiger partial charge in [-0.3, -0.25) is 9.90 Å². The first-order chi connectivity index (χ1) is 9.73. The van der Waals surface area contributed by atoms with Crippen LogP contribution in [0.5, 0.6) is 0 Å². The van der Waals surface area contributed by atoms with Gasteiger partial charge in [0, 0.05) is 18.5 Å². The Labute approximate surface area is 121 Å². The molecule has 1 saturated carbocycles. The summed E-state index contributed by atoms with van der Waals surface area (Å²) in [6.45, 7) is 3.38. The molecule has 20 heavy (non-hydrogen) atoms. The van der Waals surface area contributed by atoms with Gasteiger partial charge in [0.1, 0.15) is 6.10 Å². The smallest absolute Gasteiger partial charge is 0.111 e. The summed E-state index contributed by atoms with van der Waals surface area (Å²) >= 11 is 0. The van der Waals surface area contributed by atoms with E-state index in [1.54, 1.807) is 12.7 Å². The van der Waals surface area contributed by atoms with Crippen molar-refractivity contribution in [2.75, 3.05) is 13.7 Å². The van der Waals surface area contributed by atoms with E-state index in [-0.39, 0.29) is 5.41 Å². The van der Waals surface area contributed by atoms with Crippen molar-refractivity contribution in [3.05, 3.63) is 23.6 Å². The van der Waals surface area contributed by atoms with Gasteiger partial charge in [-0.15, -0.1) is 0 Å². The average molecular weight is 275 g/mol. The molecule has 3 nitrogen and oxygen atoms in total.